The number of rotatable bonds is 4. The molecule has 0 saturated carbocycles. The van der Waals surface area contributed by atoms with Gasteiger partial charge in [0.2, 0.25) is 0 Å². The molecule has 3 aromatic rings. The summed E-state index contributed by atoms with van der Waals surface area (Å²) in [6.45, 7) is 4.26. The molecule has 3 nitrogen and oxygen atoms in total. The summed E-state index contributed by atoms with van der Waals surface area (Å²) in [6, 6.07) is 12.5. The monoisotopic (exact) mass is 299 g/mol. The van der Waals surface area contributed by atoms with Crippen LogP contribution < -0.4 is 0 Å². The first-order valence-electron chi connectivity index (χ1n) is 7.15. The molecule has 2 aromatic heterocycles. The first-order valence-corrected chi connectivity index (χ1v) is 7.68. The van der Waals surface area contributed by atoms with Gasteiger partial charge in [0.05, 0.1) is 22.8 Å². The minimum Gasteiger partial charge on any atom is -0.319 e. The van der Waals surface area contributed by atoms with Gasteiger partial charge in [-0.25, -0.2) is 4.98 Å². The lowest BCUT2D eigenvalue weighted by Crippen LogP contribution is -2.12. The predicted octanol–water partition coefficient (Wildman–Crippen LogP) is 4.13. The van der Waals surface area contributed by atoms with Crippen molar-refractivity contribution in [2.24, 2.45) is 0 Å². The second kappa shape index (κ2) is 5.86. The van der Waals surface area contributed by atoms with Gasteiger partial charge in [-0.15, -0.1) is 11.6 Å². The maximum Gasteiger partial charge on any atom is 0.111 e. The van der Waals surface area contributed by atoms with Crippen molar-refractivity contribution in [2.75, 3.05) is 5.88 Å². The van der Waals surface area contributed by atoms with Crippen LogP contribution in [-0.2, 0) is 6.42 Å². The summed E-state index contributed by atoms with van der Waals surface area (Å²) in [5.41, 5.74) is 4.43. The number of pyridine rings is 1. The van der Waals surface area contributed by atoms with E-state index in [4.69, 9.17) is 16.6 Å². The van der Waals surface area contributed by atoms with E-state index in [1.807, 2.05) is 18.3 Å². The number of nitrogens with zero attached hydrogens (tertiary/aromatic N) is 3. The van der Waals surface area contributed by atoms with Gasteiger partial charge in [-0.1, -0.05) is 12.1 Å². The Morgan fingerprint density at radius 1 is 1.24 bits per heavy atom. The van der Waals surface area contributed by atoms with Crippen LogP contribution in [0.3, 0.4) is 0 Å². The van der Waals surface area contributed by atoms with Gasteiger partial charge in [-0.2, -0.15) is 0 Å². The molecule has 0 saturated heterocycles. The Balaban J connectivity index is 2.18. The average molecular weight is 300 g/mol. The zero-order valence-electron chi connectivity index (χ0n) is 12.3. The molecule has 1 unspecified atom stereocenters. The highest BCUT2D eigenvalue weighted by atomic mass is 35.5. The summed E-state index contributed by atoms with van der Waals surface area (Å²) in [6.07, 6.45) is 2.59. The first-order chi connectivity index (χ1) is 10.2. The quantitative estimate of drug-likeness (QED) is 0.678. The Bertz CT molecular complexity index is 749. The molecule has 0 aliphatic carbocycles. The maximum absolute atomic E-state index is 5.95. The fraction of sp³-hybridized carbons (Fsp3) is 0.294. The molecule has 0 amide bonds. The normalized spacial score (nSPS) is 12.7. The van der Waals surface area contributed by atoms with Crippen LogP contribution >= 0.6 is 11.6 Å². The third kappa shape index (κ3) is 2.66. The minimum atomic E-state index is 0.135. The van der Waals surface area contributed by atoms with Gasteiger partial charge in [-0.05, 0) is 43.7 Å². The van der Waals surface area contributed by atoms with Crippen molar-refractivity contribution in [1.82, 2.24) is 14.5 Å². The number of aryl methyl sites for hydroxylation is 2. The zero-order chi connectivity index (χ0) is 14.8. The van der Waals surface area contributed by atoms with Gasteiger partial charge in [0.1, 0.15) is 5.82 Å². The molecule has 0 N–H and O–H groups in total. The summed E-state index contributed by atoms with van der Waals surface area (Å²) in [7, 11) is 0. The van der Waals surface area contributed by atoms with Crippen LogP contribution in [0.25, 0.3) is 11.0 Å². The molecule has 108 valence electrons. The largest absolute Gasteiger partial charge is 0.319 e. The number of fused-ring (bicyclic) bond motifs is 1. The third-order valence-electron chi connectivity index (χ3n) is 3.74. The topological polar surface area (TPSA) is 30.7 Å². The fourth-order valence-corrected chi connectivity index (χ4v) is 2.87. The van der Waals surface area contributed by atoms with Crippen LogP contribution in [0.15, 0.2) is 42.6 Å². The van der Waals surface area contributed by atoms with E-state index in [2.05, 4.69) is 47.7 Å². The molecule has 4 heteroatoms. The lowest BCUT2D eigenvalue weighted by molar-refractivity contribution is 0.607. The predicted molar refractivity (Wildman–Crippen MR) is 86.9 cm³/mol. The van der Waals surface area contributed by atoms with E-state index in [0.29, 0.717) is 5.88 Å². The van der Waals surface area contributed by atoms with Crippen LogP contribution in [0.5, 0.6) is 0 Å². The van der Waals surface area contributed by atoms with Gasteiger partial charge in [0.15, 0.2) is 0 Å². The van der Waals surface area contributed by atoms with E-state index < -0.39 is 0 Å². The molecule has 0 spiro atoms. The third-order valence-corrected chi connectivity index (χ3v) is 3.93. The van der Waals surface area contributed by atoms with E-state index in [1.54, 1.807) is 0 Å². The molecule has 2 heterocycles. The van der Waals surface area contributed by atoms with Crippen molar-refractivity contribution in [1.29, 1.82) is 0 Å². The number of hydrogen-bond donors (Lipinski definition) is 0. The highest BCUT2D eigenvalue weighted by Crippen LogP contribution is 2.26. The van der Waals surface area contributed by atoms with Gasteiger partial charge in [0, 0.05) is 18.5 Å². The Morgan fingerprint density at radius 3 is 2.81 bits per heavy atom. The van der Waals surface area contributed by atoms with E-state index in [0.717, 1.165) is 29.0 Å². The molecule has 1 atom stereocenters. The lowest BCUT2D eigenvalue weighted by Gasteiger charge is -2.17. The van der Waals surface area contributed by atoms with E-state index in [9.17, 15) is 0 Å². The summed E-state index contributed by atoms with van der Waals surface area (Å²) in [5, 5.41) is 0. The molecule has 3 rings (SSSR count). The number of alkyl halides is 1. The molecule has 1 aromatic carbocycles. The molecule has 0 aliphatic rings. The molecule has 0 radical (unpaired) electrons. The van der Waals surface area contributed by atoms with Gasteiger partial charge in [-0.3, -0.25) is 4.98 Å². The van der Waals surface area contributed by atoms with Crippen molar-refractivity contribution < 1.29 is 0 Å². The zero-order valence-corrected chi connectivity index (χ0v) is 13.0. The molecule has 0 aliphatic heterocycles. The second-order valence-corrected chi connectivity index (χ2v) is 5.64. The minimum absolute atomic E-state index is 0.135. The van der Waals surface area contributed by atoms with Crippen molar-refractivity contribution in [3.05, 3.63) is 59.7 Å². The number of hydrogen-bond acceptors (Lipinski definition) is 2. The van der Waals surface area contributed by atoms with Gasteiger partial charge in [0.25, 0.3) is 0 Å². The lowest BCUT2D eigenvalue weighted by atomic mass is 10.1. The van der Waals surface area contributed by atoms with Crippen molar-refractivity contribution in [3.8, 4) is 0 Å². The van der Waals surface area contributed by atoms with Gasteiger partial charge < -0.3 is 4.57 Å². The number of benzene rings is 1. The molecule has 0 fully saturated rings. The second-order valence-electron chi connectivity index (χ2n) is 5.26. The molecular weight excluding hydrogens is 282 g/mol. The highest BCUT2D eigenvalue weighted by Gasteiger charge is 2.17. The highest BCUT2D eigenvalue weighted by molar-refractivity contribution is 6.17. The standard InChI is InChI=1S/C17H18ClN3/c1-12-6-7-15-16(11-12)21(17(20-15)8-9-18)13(2)14-5-3-4-10-19-14/h3-7,10-11,13H,8-9H2,1-2H3. The van der Waals surface area contributed by atoms with E-state index >= 15 is 0 Å². The summed E-state index contributed by atoms with van der Waals surface area (Å²) < 4.78 is 2.26. The number of aromatic nitrogens is 3. The van der Waals surface area contributed by atoms with Crippen LogP contribution in [0.2, 0.25) is 0 Å². The van der Waals surface area contributed by atoms with Crippen molar-refractivity contribution >= 4 is 22.6 Å². The number of halogens is 1. The molecule has 0 bridgehead atoms. The Hall–Kier alpha value is -1.87. The van der Waals surface area contributed by atoms with E-state index in [-0.39, 0.29) is 6.04 Å². The Morgan fingerprint density at radius 2 is 2.10 bits per heavy atom. The maximum atomic E-state index is 5.95. The van der Waals surface area contributed by atoms with Crippen LogP contribution in [0.1, 0.15) is 30.0 Å². The van der Waals surface area contributed by atoms with Crippen LogP contribution in [0, 0.1) is 6.92 Å². The van der Waals surface area contributed by atoms with Crippen molar-refractivity contribution in [2.45, 2.75) is 26.3 Å². The van der Waals surface area contributed by atoms with Crippen LogP contribution in [0.4, 0.5) is 0 Å². The van der Waals surface area contributed by atoms with Crippen molar-refractivity contribution in [3.63, 3.8) is 0 Å². The summed E-state index contributed by atoms with van der Waals surface area (Å²) in [4.78, 5) is 9.22. The Labute approximate surface area is 129 Å². The number of imidazole rings is 1. The van der Waals surface area contributed by atoms with Gasteiger partial charge >= 0.3 is 0 Å². The smallest absolute Gasteiger partial charge is 0.111 e. The average Bonchev–Trinajstić information content (AvgIpc) is 2.85. The molecule has 21 heavy (non-hydrogen) atoms. The van der Waals surface area contributed by atoms with Crippen LogP contribution in [-0.4, -0.2) is 20.4 Å². The first kappa shape index (κ1) is 14.1. The summed E-state index contributed by atoms with van der Waals surface area (Å²) >= 11 is 5.95. The molecular formula is C17H18ClN3. The summed E-state index contributed by atoms with van der Waals surface area (Å²) in [5.74, 6) is 1.58. The van der Waals surface area contributed by atoms with E-state index in [1.165, 1.54) is 5.56 Å². The SMILES string of the molecule is Cc1ccc2nc(CCCl)n(C(C)c3ccccn3)c2c1. The Kier molecular flexibility index (Phi) is 3.93. The fourth-order valence-electron chi connectivity index (χ4n) is 2.70.